The molecule has 1 aliphatic rings. The molecule has 1 aromatic heterocycles. The second-order valence-corrected chi connectivity index (χ2v) is 4.39. The van der Waals surface area contributed by atoms with Crippen molar-refractivity contribution < 1.29 is 14.3 Å². The van der Waals surface area contributed by atoms with Crippen LogP contribution in [0.15, 0.2) is 41.3 Å². The number of amides is 1. The van der Waals surface area contributed by atoms with Crippen molar-refractivity contribution >= 4 is 11.6 Å². The van der Waals surface area contributed by atoms with E-state index in [1.54, 1.807) is 25.2 Å². The summed E-state index contributed by atoms with van der Waals surface area (Å²) < 4.78 is 11.8. The zero-order valence-electron chi connectivity index (χ0n) is 10.8. The quantitative estimate of drug-likeness (QED) is 0.896. The molecule has 2 aromatic rings. The minimum Gasteiger partial charge on any atom is -0.454 e. The fraction of sp³-hybridized carbons (Fsp3) is 0.143. The van der Waals surface area contributed by atoms with Crippen LogP contribution in [0.25, 0.3) is 0 Å². The highest BCUT2D eigenvalue weighted by atomic mass is 16.7. The predicted molar refractivity (Wildman–Crippen MR) is 72.2 cm³/mol. The molecular formula is C14H12N2O4. The zero-order valence-corrected chi connectivity index (χ0v) is 10.8. The number of ether oxygens (including phenoxy) is 2. The predicted octanol–water partition coefficient (Wildman–Crippen LogP) is 1.37. The number of fused-ring (bicyclic) bond motifs is 1. The molecule has 0 fully saturated rings. The van der Waals surface area contributed by atoms with Gasteiger partial charge in [-0.2, -0.15) is 0 Å². The molecule has 2 heterocycles. The van der Waals surface area contributed by atoms with E-state index >= 15 is 0 Å². The number of hydrogen-bond acceptors (Lipinski definition) is 4. The Morgan fingerprint density at radius 2 is 2.00 bits per heavy atom. The summed E-state index contributed by atoms with van der Waals surface area (Å²) in [6.07, 6.45) is 1.49. The maximum Gasteiger partial charge on any atom is 0.257 e. The Morgan fingerprint density at radius 3 is 2.80 bits per heavy atom. The highest BCUT2D eigenvalue weighted by Crippen LogP contribution is 2.34. The smallest absolute Gasteiger partial charge is 0.257 e. The number of aromatic nitrogens is 1. The Balaban J connectivity index is 1.82. The SMILES string of the molecule is Cn1cc(C(=O)Nc2ccc3c(c2)OCO3)ccc1=O. The van der Waals surface area contributed by atoms with Gasteiger partial charge in [-0.1, -0.05) is 0 Å². The number of pyridine rings is 1. The third-order valence-corrected chi connectivity index (χ3v) is 2.98. The normalized spacial score (nSPS) is 12.2. The Kier molecular flexibility index (Phi) is 2.90. The molecule has 0 unspecified atom stereocenters. The molecule has 6 nitrogen and oxygen atoms in total. The molecule has 0 atom stereocenters. The standard InChI is InChI=1S/C14H12N2O4/c1-16-7-9(2-5-13(16)17)14(18)15-10-3-4-11-12(6-10)20-8-19-11/h2-7H,8H2,1H3,(H,15,18). The van der Waals surface area contributed by atoms with Crippen LogP contribution in [-0.4, -0.2) is 17.3 Å². The number of benzene rings is 1. The monoisotopic (exact) mass is 272 g/mol. The molecule has 102 valence electrons. The summed E-state index contributed by atoms with van der Waals surface area (Å²) in [7, 11) is 1.60. The fourth-order valence-corrected chi connectivity index (χ4v) is 1.91. The van der Waals surface area contributed by atoms with Crippen LogP contribution < -0.4 is 20.3 Å². The highest BCUT2D eigenvalue weighted by Gasteiger charge is 2.14. The van der Waals surface area contributed by atoms with Crippen LogP contribution in [0.2, 0.25) is 0 Å². The third-order valence-electron chi connectivity index (χ3n) is 2.98. The number of hydrogen-bond donors (Lipinski definition) is 1. The van der Waals surface area contributed by atoms with E-state index in [-0.39, 0.29) is 18.3 Å². The van der Waals surface area contributed by atoms with Gasteiger partial charge in [0.25, 0.3) is 5.91 Å². The van der Waals surface area contributed by atoms with Gasteiger partial charge in [0.1, 0.15) is 0 Å². The third kappa shape index (κ3) is 2.23. The average Bonchev–Trinajstić information content (AvgIpc) is 2.89. The van der Waals surface area contributed by atoms with Gasteiger partial charge in [-0.25, -0.2) is 0 Å². The van der Waals surface area contributed by atoms with E-state index in [9.17, 15) is 9.59 Å². The number of rotatable bonds is 2. The summed E-state index contributed by atoms with van der Waals surface area (Å²) in [6, 6.07) is 8.01. The molecule has 0 radical (unpaired) electrons. The topological polar surface area (TPSA) is 69.6 Å². The van der Waals surface area contributed by atoms with Gasteiger partial charge in [0, 0.05) is 31.1 Å². The molecule has 1 aliphatic heterocycles. The lowest BCUT2D eigenvalue weighted by Crippen LogP contribution is -2.19. The number of carbonyl (C=O) groups is 1. The van der Waals surface area contributed by atoms with Crippen molar-refractivity contribution in [3.8, 4) is 11.5 Å². The van der Waals surface area contributed by atoms with Gasteiger partial charge >= 0.3 is 0 Å². The number of nitrogens with one attached hydrogen (secondary N) is 1. The molecule has 0 aliphatic carbocycles. The van der Waals surface area contributed by atoms with Crippen molar-refractivity contribution in [1.29, 1.82) is 0 Å². The van der Waals surface area contributed by atoms with Crippen molar-refractivity contribution in [1.82, 2.24) is 4.57 Å². The molecule has 1 aromatic carbocycles. The van der Waals surface area contributed by atoms with Gasteiger partial charge in [0.15, 0.2) is 11.5 Å². The van der Waals surface area contributed by atoms with Gasteiger partial charge in [-0.15, -0.1) is 0 Å². The van der Waals surface area contributed by atoms with Crippen molar-refractivity contribution in [2.45, 2.75) is 0 Å². The van der Waals surface area contributed by atoms with Gasteiger partial charge in [0.05, 0.1) is 5.56 Å². The summed E-state index contributed by atoms with van der Waals surface area (Å²) in [4.78, 5) is 23.4. The first kappa shape index (κ1) is 12.3. The molecule has 6 heteroatoms. The highest BCUT2D eigenvalue weighted by molar-refractivity contribution is 6.04. The maximum atomic E-state index is 12.1. The van der Waals surface area contributed by atoms with Gasteiger partial charge in [-0.3, -0.25) is 9.59 Å². The van der Waals surface area contributed by atoms with Crippen molar-refractivity contribution in [3.63, 3.8) is 0 Å². The Bertz CT molecular complexity index is 736. The van der Waals surface area contributed by atoms with E-state index in [4.69, 9.17) is 9.47 Å². The van der Waals surface area contributed by atoms with E-state index < -0.39 is 0 Å². The lowest BCUT2D eigenvalue weighted by atomic mass is 10.2. The first-order chi connectivity index (χ1) is 9.63. The molecule has 0 saturated carbocycles. The van der Waals surface area contributed by atoms with Crippen LogP contribution >= 0.6 is 0 Å². The molecule has 1 amide bonds. The van der Waals surface area contributed by atoms with E-state index in [2.05, 4.69) is 5.32 Å². The zero-order chi connectivity index (χ0) is 14.1. The Hall–Kier alpha value is -2.76. The van der Waals surface area contributed by atoms with E-state index in [0.29, 0.717) is 22.7 Å². The van der Waals surface area contributed by atoms with Crippen LogP contribution in [0.5, 0.6) is 11.5 Å². The minimum absolute atomic E-state index is 0.162. The Morgan fingerprint density at radius 1 is 1.20 bits per heavy atom. The summed E-state index contributed by atoms with van der Waals surface area (Å²) in [5.41, 5.74) is 0.850. The van der Waals surface area contributed by atoms with Crippen LogP contribution in [0, 0.1) is 0 Å². The molecule has 20 heavy (non-hydrogen) atoms. The van der Waals surface area contributed by atoms with E-state index in [0.717, 1.165) is 0 Å². The first-order valence-corrected chi connectivity index (χ1v) is 6.01. The summed E-state index contributed by atoms with van der Waals surface area (Å²) >= 11 is 0. The lowest BCUT2D eigenvalue weighted by Gasteiger charge is -2.07. The van der Waals surface area contributed by atoms with E-state index in [1.165, 1.54) is 22.9 Å². The summed E-state index contributed by atoms with van der Waals surface area (Å²) in [6.45, 7) is 0.188. The van der Waals surface area contributed by atoms with Gasteiger partial charge in [0.2, 0.25) is 12.4 Å². The maximum absolute atomic E-state index is 12.1. The number of aryl methyl sites for hydroxylation is 1. The second-order valence-electron chi connectivity index (χ2n) is 4.39. The Labute approximate surface area is 114 Å². The van der Waals surface area contributed by atoms with Crippen molar-refractivity contribution in [2.24, 2.45) is 7.05 Å². The summed E-state index contributed by atoms with van der Waals surface area (Å²) in [5, 5.41) is 2.74. The number of carbonyl (C=O) groups excluding carboxylic acids is 1. The lowest BCUT2D eigenvalue weighted by molar-refractivity contribution is 0.102. The molecule has 0 saturated heterocycles. The van der Waals surface area contributed by atoms with Gasteiger partial charge in [-0.05, 0) is 18.2 Å². The molecule has 0 bridgehead atoms. The second kappa shape index (κ2) is 4.73. The van der Waals surface area contributed by atoms with Crippen LogP contribution in [0.1, 0.15) is 10.4 Å². The van der Waals surface area contributed by atoms with E-state index in [1.807, 2.05) is 0 Å². The fourth-order valence-electron chi connectivity index (χ4n) is 1.91. The molecule has 3 rings (SSSR count). The molecule has 0 spiro atoms. The number of anilines is 1. The van der Waals surface area contributed by atoms with Gasteiger partial charge < -0.3 is 19.4 Å². The number of nitrogens with zero attached hydrogens (tertiary/aromatic N) is 1. The largest absolute Gasteiger partial charge is 0.454 e. The van der Waals surface area contributed by atoms with Crippen LogP contribution in [0.3, 0.4) is 0 Å². The minimum atomic E-state index is -0.292. The summed E-state index contributed by atoms with van der Waals surface area (Å²) in [5.74, 6) is 0.966. The molecule has 1 N–H and O–H groups in total. The van der Waals surface area contributed by atoms with Crippen LogP contribution in [0.4, 0.5) is 5.69 Å². The van der Waals surface area contributed by atoms with Crippen molar-refractivity contribution in [3.05, 3.63) is 52.4 Å². The van der Waals surface area contributed by atoms with Crippen LogP contribution in [-0.2, 0) is 7.05 Å². The average molecular weight is 272 g/mol. The van der Waals surface area contributed by atoms with Crippen molar-refractivity contribution in [2.75, 3.05) is 12.1 Å². The molecular weight excluding hydrogens is 260 g/mol. The first-order valence-electron chi connectivity index (χ1n) is 6.01.